The van der Waals surface area contributed by atoms with Gasteiger partial charge < -0.3 is 25.0 Å². The van der Waals surface area contributed by atoms with Crippen LogP contribution in [0.3, 0.4) is 0 Å². The highest BCUT2D eigenvalue weighted by atomic mass is 35.5. The number of rotatable bonds is 10. The van der Waals surface area contributed by atoms with Gasteiger partial charge in [0.2, 0.25) is 0 Å². The van der Waals surface area contributed by atoms with E-state index in [1.54, 1.807) is 0 Å². The normalized spacial score (nSPS) is 14.4. The molecule has 0 unspecified atom stereocenters. The van der Waals surface area contributed by atoms with Gasteiger partial charge in [0.15, 0.2) is 6.61 Å². The lowest BCUT2D eigenvalue weighted by Gasteiger charge is -2.27. The number of halogens is 1. The van der Waals surface area contributed by atoms with Gasteiger partial charge in [-0.2, -0.15) is 0 Å². The van der Waals surface area contributed by atoms with Crippen molar-refractivity contribution >= 4 is 18.3 Å². The molecule has 142 valence electrons. The van der Waals surface area contributed by atoms with Crippen molar-refractivity contribution in [3.63, 3.8) is 0 Å². The Morgan fingerprint density at radius 1 is 1.16 bits per heavy atom. The molecule has 0 aromatic heterocycles. The smallest absolute Gasteiger partial charge is 0.257 e. The number of benzene rings is 1. The minimum atomic E-state index is -0.0818. The zero-order chi connectivity index (χ0) is 17.0. The fourth-order valence-electron chi connectivity index (χ4n) is 2.52. The van der Waals surface area contributed by atoms with Crippen molar-refractivity contribution in [2.75, 3.05) is 52.5 Å². The molecule has 1 aromatic carbocycles. The first-order chi connectivity index (χ1) is 11.8. The molecule has 1 amide bonds. The predicted octanol–water partition coefficient (Wildman–Crippen LogP) is 1.69. The van der Waals surface area contributed by atoms with Gasteiger partial charge >= 0.3 is 0 Å². The summed E-state index contributed by atoms with van der Waals surface area (Å²) in [6.07, 6.45) is 1.95. The maximum Gasteiger partial charge on any atom is 0.257 e. The number of nitrogens with one attached hydrogen (secondary N) is 2. The van der Waals surface area contributed by atoms with Gasteiger partial charge in [0.05, 0.1) is 6.61 Å². The van der Waals surface area contributed by atoms with Gasteiger partial charge in [0.25, 0.3) is 5.91 Å². The number of nitrogens with zero attached hydrogens (tertiary/aromatic N) is 1. The average molecular weight is 372 g/mol. The molecule has 1 aliphatic heterocycles. The molecule has 25 heavy (non-hydrogen) atoms. The minimum absolute atomic E-state index is 0. The van der Waals surface area contributed by atoms with Crippen LogP contribution in [-0.4, -0.2) is 63.3 Å². The van der Waals surface area contributed by atoms with Crippen molar-refractivity contribution in [2.45, 2.75) is 19.8 Å². The molecule has 1 aromatic rings. The number of carbonyl (C=O) groups excluding carboxylic acids is 1. The SMILES string of the molecule is CCCOc1ccc(OCC(=O)NCCCN2CCNCC2)cc1.Cl. The van der Waals surface area contributed by atoms with Crippen LogP contribution in [0.15, 0.2) is 24.3 Å². The van der Waals surface area contributed by atoms with Gasteiger partial charge in [-0.1, -0.05) is 6.92 Å². The summed E-state index contributed by atoms with van der Waals surface area (Å²) < 4.78 is 11.0. The third-order valence-electron chi connectivity index (χ3n) is 3.85. The predicted molar refractivity (Wildman–Crippen MR) is 102 cm³/mol. The van der Waals surface area contributed by atoms with E-state index in [1.807, 2.05) is 24.3 Å². The number of piperazine rings is 1. The molecule has 7 heteroatoms. The monoisotopic (exact) mass is 371 g/mol. The molecule has 1 heterocycles. The zero-order valence-electron chi connectivity index (χ0n) is 15.0. The Hall–Kier alpha value is -1.50. The van der Waals surface area contributed by atoms with E-state index in [0.29, 0.717) is 18.9 Å². The van der Waals surface area contributed by atoms with E-state index in [0.717, 1.165) is 51.3 Å². The molecular formula is C18H30ClN3O3. The lowest BCUT2D eigenvalue weighted by Crippen LogP contribution is -2.44. The molecule has 0 radical (unpaired) electrons. The number of carbonyl (C=O) groups is 1. The fourth-order valence-corrected chi connectivity index (χ4v) is 2.52. The molecule has 1 aliphatic rings. The Bertz CT molecular complexity index is 479. The zero-order valence-corrected chi connectivity index (χ0v) is 15.8. The third-order valence-corrected chi connectivity index (χ3v) is 3.85. The molecule has 0 saturated carbocycles. The van der Waals surface area contributed by atoms with E-state index in [1.165, 1.54) is 0 Å². The second-order valence-electron chi connectivity index (χ2n) is 5.90. The Kier molecular flexibility index (Phi) is 11.0. The molecule has 1 saturated heterocycles. The van der Waals surface area contributed by atoms with E-state index in [2.05, 4.69) is 22.5 Å². The summed E-state index contributed by atoms with van der Waals surface area (Å²) in [6.45, 7) is 8.84. The molecule has 6 nitrogen and oxygen atoms in total. The van der Waals surface area contributed by atoms with Crippen LogP contribution in [0.25, 0.3) is 0 Å². The van der Waals surface area contributed by atoms with Gasteiger partial charge in [-0.3, -0.25) is 4.79 Å². The maximum atomic E-state index is 11.8. The van der Waals surface area contributed by atoms with Crippen molar-refractivity contribution < 1.29 is 14.3 Å². The second-order valence-corrected chi connectivity index (χ2v) is 5.90. The highest BCUT2D eigenvalue weighted by molar-refractivity contribution is 5.85. The van der Waals surface area contributed by atoms with Crippen LogP contribution < -0.4 is 20.1 Å². The topological polar surface area (TPSA) is 62.8 Å². The molecule has 2 N–H and O–H groups in total. The first-order valence-corrected chi connectivity index (χ1v) is 8.83. The van der Waals surface area contributed by atoms with Crippen LogP contribution in [0.5, 0.6) is 11.5 Å². The summed E-state index contributed by atoms with van der Waals surface area (Å²) in [7, 11) is 0. The Labute approximate surface area is 156 Å². The molecule has 0 bridgehead atoms. The summed E-state index contributed by atoms with van der Waals surface area (Å²) in [5.74, 6) is 1.41. The van der Waals surface area contributed by atoms with Crippen LogP contribution in [0, 0.1) is 0 Å². The Morgan fingerprint density at radius 3 is 2.44 bits per heavy atom. The molecule has 2 rings (SSSR count). The summed E-state index contributed by atoms with van der Waals surface area (Å²) in [4.78, 5) is 14.2. The molecule has 0 atom stereocenters. The number of hydrogen-bond acceptors (Lipinski definition) is 5. The minimum Gasteiger partial charge on any atom is -0.494 e. The standard InChI is InChI=1S/C18H29N3O3.ClH/c1-2-14-23-16-4-6-17(7-5-16)24-15-18(22)20-8-3-11-21-12-9-19-10-13-21;/h4-7,19H,2-3,8-15H2,1H3,(H,20,22);1H. The Morgan fingerprint density at radius 2 is 1.80 bits per heavy atom. The van der Waals surface area contributed by atoms with Crippen molar-refractivity contribution in [3.8, 4) is 11.5 Å². The quantitative estimate of drug-likeness (QED) is 0.613. The molecular weight excluding hydrogens is 342 g/mol. The van der Waals surface area contributed by atoms with Gasteiger partial charge in [-0.15, -0.1) is 12.4 Å². The maximum absolute atomic E-state index is 11.8. The average Bonchev–Trinajstić information content (AvgIpc) is 2.63. The first kappa shape index (κ1) is 21.5. The second kappa shape index (κ2) is 12.8. The van der Waals surface area contributed by atoms with Gasteiger partial charge in [-0.25, -0.2) is 0 Å². The highest BCUT2D eigenvalue weighted by Gasteiger charge is 2.09. The van der Waals surface area contributed by atoms with Gasteiger partial charge in [-0.05, 0) is 43.7 Å². The highest BCUT2D eigenvalue weighted by Crippen LogP contribution is 2.17. The third kappa shape index (κ3) is 8.95. The molecule has 1 fully saturated rings. The summed E-state index contributed by atoms with van der Waals surface area (Å²) in [6, 6.07) is 7.36. The van der Waals surface area contributed by atoms with Crippen LogP contribution in [-0.2, 0) is 4.79 Å². The van der Waals surface area contributed by atoms with E-state index in [9.17, 15) is 4.79 Å². The first-order valence-electron chi connectivity index (χ1n) is 8.83. The molecule has 0 spiro atoms. The van der Waals surface area contributed by atoms with Crippen LogP contribution in [0.1, 0.15) is 19.8 Å². The summed E-state index contributed by atoms with van der Waals surface area (Å²) in [5, 5.41) is 6.23. The van der Waals surface area contributed by atoms with E-state index in [4.69, 9.17) is 9.47 Å². The lowest BCUT2D eigenvalue weighted by atomic mass is 10.3. The van der Waals surface area contributed by atoms with Crippen LogP contribution in [0.2, 0.25) is 0 Å². The number of ether oxygens (including phenoxy) is 2. The largest absolute Gasteiger partial charge is 0.494 e. The van der Waals surface area contributed by atoms with Gasteiger partial charge in [0.1, 0.15) is 11.5 Å². The fraction of sp³-hybridized carbons (Fsp3) is 0.611. The van der Waals surface area contributed by atoms with Crippen LogP contribution in [0.4, 0.5) is 0 Å². The number of hydrogen-bond donors (Lipinski definition) is 2. The number of amides is 1. The van der Waals surface area contributed by atoms with Crippen molar-refractivity contribution in [1.82, 2.24) is 15.5 Å². The van der Waals surface area contributed by atoms with E-state index in [-0.39, 0.29) is 24.9 Å². The molecule has 0 aliphatic carbocycles. The van der Waals surface area contributed by atoms with Crippen LogP contribution >= 0.6 is 12.4 Å². The lowest BCUT2D eigenvalue weighted by molar-refractivity contribution is -0.123. The van der Waals surface area contributed by atoms with Crippen molar-refractivity contribution in [1.29, 1.82) is 0 Å². The van der Waals surface area contributed by atoms with Gasteiger partial charge in [0, 0.05) is 32.7 Å². The summed E-state index contributed by atoms with van der Waals surface area (Å²) in [5.41, 5.74) is 0. The van der Waals surface area contributed by atoms with E-state index >= 15 is 0 Å². The van der Waals surface area contributed by atoms with E-state index < -0.39 is 0 Å². The Balaban J connectivity index is 0.00000312. The van der Waals surface area contributed by atoms with Crippen molar-refractivity contribution in [3.05, 3.63) is 24.3 Å². The summed E-state index contributed by atoms with van der Waals surface area (Å²) >= 11 is 0. The van der Waals surface area contributed by atoms with Crippen molar-refractivity contribution in [2.24, 2.45) is 0 Å².